The second-order valence-electron chi connectivity index (χ2n) is 11.9. The van der Waals surface area contributed by atoms with Crippen LogP contribution in [0.25, 0.3) is 11.1 Å². The maximum atomic E-state index is 14.8. The highest BCUT2D eigenvalue weighted by Crippen LogP contribution is 2.43. The fourth-order valence-corrected chi connectivity index (χ4v) is 6.85. The van der Waals surface area contributed by atoms with Crippen LogP contribution >= 0.6 is 0 Å². The van der Waals surface area contributed by atoms with Crippen molar-refractivity contribution in [2.75, 3.05) is 36.5 Å². The number of nitrogen functional groups attached to an aromatic ring is 1. The third-order valence-corrected chi connectivity index (χ3v) is 9.67. The molecular weight excluding hydrogens is 611 g/mol. The van der Waals surface area contributed by atoms with Crippen molar-refractivity contribution >= 4 is 27.6 Å². The highest BCUT2D eigenvalue weighted by atomic mass is 32.2. The smallest absolute Gasteiger partial charge is 0.429 e. The van der Waals surface area contributed by atoms with Crippen LogP contribution in [0, 0.1) is 5.41 Å². The van der Waals surface area contributed by atoms with Crippen LogP contribution in [-0.4, -0.2) is 67.6 Å². The van der Waals surface area contributed by atoms with E-state index in [-0.39, 0.29) is 33.3 Å². The van der Waals surface area contributed by atoms with Crippen LogP contribution in [0.15, 0.2) is 53.4 Å². The minimum Gasteiger partial charge on any atom is -0.480 e. The molecule has 3 aromatic rings. The van der Waals surface area contributed by atoms with Crippen LogP contribution in [0.4, 0.5) is 24.9 Å². The van der Waals surface area contributed by atoms with Crippen LogP contribution < -0.4 is 20.7 Å². The van der Waals surface area contributed by atoms with Gasteiger partial charge in [0.1, 0.15) is 11.9 Å². The molecule has 5 rings (SSSR count). The Morgan fingerprint density at radius 2 is 1.91 bits per heavy atom. The zero-order valence-corrected chi connectivity index (χ0v) is 25.8. The number of sulfone groups is 1. The monoisotopic (exact) mass is 647 g/mol. The maximum Gasteiger partial charge on any atom is 0.429 e. The molecule has 1 spiro atoms. The number of piperidine rings is 1. The molecule has 0 bridgehead atoms. The number of benzene rings is 2. The molecular formula is C31H36F3N5O5S. The molecule has 2 fully saturated rings. The molecule has 14 heteroatoms. The van der Waals surface area contributed by atoms with Gasteiger partial charge in [0.15, 0.2) is 9.84 Å². The lowest BCUT2D eigenvalue weighted by Crippen LogP contribution is -2.41. The van der Waals surface area contributed by atoms with Crippen molar-refractivity contribution in [1.29, 1.82) is 0 Å². The van der Waals surface area contributed by atoms with E-state index in [1.165, 1.54) is 30.3 Å². The number of aliphatic carboxylic acids is 1. The number of aryl methyl sites for hydroxylation is 1. The van der Waals surface area contributed by atoms with Gasteiger partial charge in [0, 0.05) is 37.5 Å². The molecule has 0 radical (unpaired) electrons. The molecule has 2 saturated heterocycles. The number of ether oxygens (including phenoxy) is 1. The SMILES string of the molecule is CCCc1ccc(C(Oc2cc(N3CCC4(CC3)CN[C@H](C(=O)O)C4)nc(N)n2)C(F)(F)F)c(-c2cccc(S(C)(=O)=O)c2)c1. The van der Waals surface area contributed by atoms with Crippen molar-refractivity contribution in [3.8, 4) is 17.0 Å². The van der Waals surface area contributed by atoms with Crippen molar-refractivity contribution in [1.82, 2.24) is 15.3 Å². The zero-order valence-electron chi connectivity index (χ0n) is 25.0. The van der Waals surface area contributed by atoms with E-state index in [1.807, 2.05) is 11.8 Å². The summed E-state index contributed by atoms with van der Waals surface area (Å²) in [5.74, 6) is -1.18. The minimum absolute atomic E-state index is 0.0142. The van der Waals surface area contributed by atoms with Crippen molar-refractivity contribution < 1.29 is 36.2 Å². The van der Waals surface area contributed by atoms with Gasteiger partial charge < -0.3 is 25.8 Å². The van der Waals surface area contributed by atoms with Gasteiger partial charge in [0.25, 0.3) is 0 Å². The van der Waals surface area contributed by atoms with Gasteiger partial charge in [0.2, 0.25) is 17.9 Å². The van der Waals surface area contributed by atoms with Crippen LogP contribution in [0.1, 0.15) is 49.8 Å². The summed E-state index contributed by atoms with van der Waals surface area (Å²) in [4.78, 5) is 21.5. The van der Waals surface area contributed by atoms with E-state index in [1.54, 1.807) is 18.2 Å². The number of aromatic nitrogens is 2. The van der Waals surface area contributed by atoms with Gasteiger partial charge in [-0.15, -0.1) is 0 Å². The first kappa shape index (κ1) is 32.5. The third-order valence-electron chi connectivity index (χ3n) is 8.56. The number of nitrogens with one attached hydrogen (secondary N) is 1. The molecule has 4 N–H and O–H groups in total. The fraction of sp³-hybridized carbons (Fsp3) is 0.452. The van der Waals surface area contributed by atoms with E-state index < -0.39 is 34.1 Å². The number of nitrogens with zero attached hydrogens (tertiary/aromatic N) is 3. The average molecular weight is 648 g/mol. The van der Waals surface area contributed by atoms with E-state index in [2.05, 4.69) is 15.3 Å². The molecule has 0 saturated carbocycles. The van der Waals surface area contributed by atoms with Gasteiger partial charge in [-0.3, -0.25) is 4.79 Å². The third kappa shape index (κ3) is 7.33. The summed E-state index contributed by atoms with van der Waals surface area (Å²) in [7, 11) is -3.62. The van der Waals surface area contributed by atoms with Gasteiger partial charge in [-0.05, 0) is 59.9 Å². The van der Waals surface area contributed by atoms with E-state index in [4.69, 9.17) is 10.5 Å². The maximum absolute atomic E-state index is 14.8. The summed E-state index contributed by atoms with van der Waals surface area (Å²) in [5, 5.41) is 12.4. The van der Waals surface area contributed by atoms with Gasteiger partial charge in [-0.25, -0.2) is 8.42 Å². The average Bonchev–Trinajstić information content (AvgIpc) is 3.39. The molecule has 10 nitrogen and oxygen atoms in total. The van der Waals surface area contributed by atoms with E-state index in [9.17, 15) is 31.5 Å². The molecule has 0 amide bonds. The van der Waals surface area contributed by atoms with Crippen LogP contribution in [-0.2, 0) is 21.1 Å². The lowest BCUT2D eigenvalue weighted by molar-refractivity contribution is -0.198. The van der Waals surface area contributed by atoms with E-state index in [0.29, 0.717) is 56.7 Å². The predicted octanol–water partition coefficient (Wildman–Crippen LogP) is 4.80. The summed E-state index contributed by atoms with van der Waals surface area (Å²) < 4.78 is 74.4. The van der Waals surface area contributed by atoms with Crippen molar-refractivity contribution in [3.63, 3.8) is 0 Å². The van der Waals surface area contributed by atoms with Crippen LogP contribution in [0.3, 0.4) is 0 Å². The molecule has 2 aromatic carbocycles. The number of carbonyl (C=O) groups is 1. The molecule has 45 heavy (non-hydrogen) atoms. The number of anilines is 2. The van der Waals surface area contributed by atoms with Gasteiger partial charge in [0.05, 0.1) is 4.90 Å². The minimum atomic E-state index is -4.87. The highest BCUT2D eigenvalue weighted by Gasteiger charge is 2.46. The van der Waals surface area contributed by atoms with E-state index >= 15 is 0 Å². The van der Waals surface area contributed by atoms with E-state index in [0.717, 1.165) is 18.2 Å². The number of carboxylic acid groups (broad SMARTS) is 1. The summed E-state index contributed by atoms with van der Waals surface area (Å²) in [6, 6.07) is 11.2. The van der Waals surface area contributed by atoms with Gasteiger partial charge >= 0.3 is 12.1 Å². The first-order valence-electron chi connectivity index (χ1n) is 14.7. The lowest BCUT2D eigenvalue weighted by Gasteiger charge is -2.39. The molecule has 3 heterocycles. The van der Waals surface area contributed by atoms with Crippen molar-refractivity contribution in [2.24, 2.45) is 5.41 Å². The Bertz CT molecular complexity index is 1680. The second kappa shape index (κ2) is 12.5. The van der Waals surface area contributed by atoms with Crippen molar-refractivity contribution in [3.05, 3.63) is 59.7 Å². The molecule has 242 valence electrons. The Morgan fingerprint density at radius 3 is 2.53 bits per heavy atom. The summed E-state index contributed by atoms with van der Waals surface area (Å²) in [6.07, 6.45) is -3.04. The number of hydrogen-bond donors (Lipinski definition) is 3. The number of hydrogen-bond acceptors (Lipinski definition) is 9. The standard InChI is InChI=1S/C31H36F3N5O5S/c1-3-5-19-8-9-22(23(14-19)20-6-4-7-21(15-20)45(2,42)43)27(31(32,33)34)44-26-16-25(37-29(35)38-26)39-12-10-30(11-13-39)17-24(28(40)41)36-18-30/h4,6-9,14-16,24,27,36H,3,5,10-13,17-18H2,1-2H3,(H,40,41)(H2,35,37,38)/t24-,27?/m0/s1. The predicted molar refractivity (Wildman–Crippen MR) is 163 cm³/mol. The second-order valence-corrected chi connectivity index (χ2v) is 13.9. The molecule has 2 aliphatic rings. The summed E-state index contributed by atoms with van der Waals surface area (Å²) in [5.41, 5.74) is 6.87. The Hall–Kier alpha value is -3.91. The molecule has 1 aromatic heterocycles. The molecule has 1 unspecified atom stereocenters. The molecule has 2 atom stereocenters. The number of alkyl halides is 3. The Labute approximate surface area is 259 Å². The Balaban J connectivity index is 1.46. The number of carboxylic acids is 1. The lowest BCUT2D eigenvalue weighted by atomic mass is 9.76. The fourth-order valence-electron chi connectivity index (χ4n) is 6.18. The summed E-state index contributed by atoms with van der Waals surface area (Å²) >= 11 is 0. The quantitative estimate of drug-likeness (QED) is 0.296. The first-order valence-corrected chi connectivity index (χ1v) is 16.6. The number of rotatable bonds is 9. The molecule has 0 aliphatic carbocycles. The topological polar surface area (TPSA) is 148 Å². The Kier molecular flexibility index (Phi) is 9.00. The Morgan fingerprint density at radius 1 is 1.18 bits per heavy atom. The van der Waals surface area contributed by atoms with Gasteiger partial charge in [-0.2, -0.15) is 23.1 Å². The zero-order chi connectivity index (χ0) is 32.6. The largest absolute Gasteiger partial charge is 0.480 e. The number of halogens is 3. The van der Waals surface area contributed by atoms with Gasteiger partial charge in [-0.1, -0.05) is 43.7 Å². The highest BCUT2D eigenvalue weighted by molar-refractivity contribution is 7.90. The number of nitrogens with two attached hydrogens (primary N) is 1. The van der Waals surface area contributed by atoms with Crippen LogP contribution in [0.5, 0.6) is 5.88 Å². The summed E-state index contributed by atoms with van der Waals surface area (Å²) in [6.45, 7) is 3.55. The van der Waals surface area contributed by atoms with Crippen LogP contribution in [0.2, 0.25) is 0 Å². The normalized spacial score (nSPS) is 19.0. The molecule has 2 aliphatic heterocycles. The first-order chi connectivity index (χ1) is 21.2. The van der Waals surface area contributed by atoms with Crippen molar-refractivity contribution in [2.45, 2.75) is 62.2 Å².